The van der Waals surface area contributed by atoms with Crippen LogP contribution in [-0.2, 0) is 0 Å². The fourth-order valence-electron chi connectivity index (χ4n) is 2.58. The third kappa shape index (κ3) is 2.69. The van der Waals surface area contributed by atoms with Crippen molar-refractivity contribution >= 4 is 0 Å². The van der Waals surface area contributed by atoms with Gasteiger partial charge in [0, 0.05) is 26.2 Å². The van der Waals surface area contributed by atoms with Gasteiger partial charge in [-0.05, 0) is 19.9 Å². The Kier molecular flexibility index (Phi) is 3.79. The zero-order chi connectivity index (χ0) is 9.80. The minimum absolute atomic E-state index is 1.27. The highest BCUT2D eigenvalue weighted by Crippen LogP contribution is 2.06. The molecule has 2 saturated heterocycles. The monoisotopic (exact) mass is 198 g/mol. The molecule has 0 aliphatic carbocycles. The third-order valence-corrected chi connectivity index (χ3v) is 3.62. The average molecular weight is 198 g/mol. The van der Waals surface area contributed by atoms with E-state index < -0.39 is 0 Å². The standard InChI is InChI=1S/C11H23N3/c1-12-8-10-14(11-9-12)13-6-4-2-3-5-7-13/h2-11H2,1H3/p+1. The molecule has 0 unspecified atom stereocenters. The van der Waals surface area contributed by atoms with E-state index >= 15 is 0 Å². The van der Waals surface area contributed by atoms with Crippen LogP contribution in [0.2, 0.25) is 0 Å². The summed E-state index contributed by atoms with van der Waals surface area (Å²) in [4.78, 5) is 2.45. The first-order valence-electron chi connectivity index (χ1n) is 6.14. The molecule has 14 heavy (non-hydrogen) atoms. The third-order valence-electron chi connectivity index (χ3n) is 3.62. The summed E-state index contributed by atoms with van der Waals surface area (Å²) in [5, 5.41) is 4.42. The van der Waals surface area contributed by atoms with Gasteiger partial charge in [-0.2, -0.15) is 5.01 Å². The summed E-state index contributed by atoms with van der Waals surface area (Å²) < 4.78 is 0. The summed E-state index contributed by atoms with van der Waals surface area (Å²) in [6, 6.07) is 0. The fraction of sp³-hybridized carbons (Fsp3) is 1.00. The van der Waals surface area contributed by atoms with E-state index in [9.17, 15) is 0 Å². The van der Waals surface area contributed by atoms with Crippen LogP contribution in [-0.4, -0.2) is 56.2 Å². The smallest absolute Gasteiger partial charge is 0.108 e. The number of rotatable bonds is 1. The zero-order valence-corrected chi connectivity index (χ0v) is 9.47. The van der Waals surface area contributed by atoms with Crippen molar-refractivity contribution in [1.29, 1.82) is 0 Å². The highest BCUT2D eigenvalue weighted by atomic mass is 15.6. The molecule has 0 amide bonds. The van der Waals surface area contributed by atoms with Crippen molar-refractivity contribution in [3.8, 4) is 0 Å². The highest BCUT2D eigenvalue weighted by molar-refractivity contribution is 4.58. The first kappa shape index (κ1) is 10.4. The molecule has 2 heterocycles. The number of nitrogens with zero attached hydrogens (tertiary/aromatic N) is 2. The lowest BCUT2D eigenvalue weighted by Gasteiger charge is -2.36. The normalized spacial score (nSPS) is 28.9. The molecule has 2 aliphatic rings. The molecule has 2 rings (SSSR count). The van der Waals surface area contributed by atoms with E-state index in [1.165, 1.54) is 65.0 Å². The Labute approximate surface area is 87.6 Å². The molecule has 0 aromatic heterocycles. The maximum Gasteiger partial charge on any atom is 0.108 e. The maximum absolute atomic E-state index is 2.68. The molecule has 0 bridgehead atoms. The molecular weight excluding hydrogens is 174 g/mol. The predicted molar refractivity (Wildman–Crippen MR) is 58.2 cm³/mol. The average Bonchev–Trinajstić information content (AvgIpc) is 2.47. The number of nitrogens with one attached hydrogen (secondary N) is 1. The van der Waals surface area contributed by atoms with E-state index in [2.05, 4.69) is 17.0 Å². The lowest BCUT2D eigenvalue weighted by molar-refractivity contribution is -1.02. The summed E-state index contributed by atoms with van der Waals surface area (Å²) in [7, 11) is 2.24. The Morgan fingerprint density at radius 2 is 1.36 bits per heavy atom. The Hall–Kier alpha value is -0.120. The number of piperazine rings is 1. The van der Waals surface area contributed by atoms with Crippen LogP contribution in [0, 0.1) is 0 Å². The van der Waals surface area contributed by atoms with Gasteiger partial charge in [0.05, 0.1) is 0 Å². The molecule has 2 aliphatic heterocycles. The Morgan fingerprint density at radius 1 is 0.786 bits per heavy atom. The molecule has 3 heteroatoms. The molecule has 0 radical (unpaired) electrons. The molecule has 0 aromatic rings. The van der Waals surface area contributed by atoms with Gasteiger partial charge in [-0.1, -0.05) is 12.8 Å². The Balaban J connectivity index is 1.81. The SMILES string of the molecule is CN1CC[NH+](N2CCCCCC2)CC1. The highest BCUT2D eigenvalue weighted by Gasteiger charge is 2.24. The second-order valence-electron chi connectivity index (χ2n) is 4.77. The van der Waals surface area contributed by atoms with Gasteiger partial charge in [-0.3, -0.25) is 9.91 Å². The van der Waals surface area contributed by atoms with Crippen molar-refractivity contribution in [1.82, 2.24) is 9.91 Å². The van der Waals surface area contributed by atoms with Crippen LogP contribution in [0.1, 0.15) is 25.7 Å². The molecule has 0 spiro atoms. The van der Waals surface area contributed by atoms with Crippen LogP contribution in [0.15, 0.2) is 0 Å². The van der Waals surface area contributed by atoms with Crippen molar-refractivity contribution in [3.05, 3.63) is 0 Å². The quantitative estimate of drug-likeness (QED) is 0.615. The molecule has 82 valence electrons. The lowest BCUT2D eigenvalue weighted by atomic mass is 10.2. The number of hydrogen-bond donors (Lipinski definition) is 1. The van der Waals surface area contributed by atoms with Crippen molar-refractivity contribution in [2.75, 3.05) is 46.3 Å². The van der Waals surface area contributed by atoms with Gasteiger partial charge in [-0.15, -0.1) is 0 Å². The van der Waals surface area contributed by atoms with E-state index in [1.54, 1.807) is 5.01 Å². The van der Waals surface area contributed by atoms with E-state index in [0.717, 1.165) is 0 Å². The van der Waals surface area contributed by atoms with Crippen LogP contribution in [0.3, 0.4) is 0 Å². The molecule has 2 fully saturated rings. The van der Waals surface area contributed by atoms with E-state index in [4.69, 9.17) is 0 Å². The molecule has 0 saturated carbocycles. The van der Waals surface area contributed by atoms with Gasteiger partial charge in [0.2, 0.25) is 0 Å². The first-order valence-corrected chi connectivity index (χ1v) is 6.14. The van der Waals surface area contributed by atoms with Gasteiger partial charge in [0.15, 0.2) is 0 Å². The molecule has 1 N–H and O–H groups in total. The molecule has 0 aromatic carbocycles. The minimum Gasteiger partial charge on any atom is -0.295 e. The summed E-state index contributed by atoms with van der Waals surface area (Å²) in [6.07, 6.45) is 5.73. The van der Waals surface area contributed by atoms with E-state index in [1.807, 2.05) is 0 Å². The van der Waals surface area contributed by atoms with E-state index in [-0.39, 0.29) is 0 Å². The van der Waals surface area contributed by atoms with Gasteiger partial charge in [0.1, 0.15) is 13.1 Å². The number of quaternary nitrogens is 1. The van der Waals surface area contributed by atoms with E-state index in [0.29, 0.717) is 0 Å². The number of likely N-dealkylation sites (N-methyl/N-ethyl adjacent to an activating group) is 1. The Bertz CT molecular complexity index is 156. The summed E-state index contributed by atoms with van der Waals surface area (Å²) in [5.74, 6) is 0. The largest absolute Gasteiger partial charge is 0.295 e. The second-order valence-corrected chi connectivity index (χ2v) is 4.77. The van der Waals surface area contributed by atoms with Gasteiger partial charge in [-0.25, -0.2) is 0 Å². The molecule has 0 atom stereocenters. The van der Waals surface area contributed by atoms with Gasteiger partial charge >= 0.3 is 0 Å². The maximum atomic E-state index is 2.68. The summed E-state index contributed by atoms with van der Waals surface area (Å²) in [6.45, 7) is 7.84. The second kappa shape index (κ2) is 5.10. The van der Waals surface area contributed by atoms with Crippen LogP contribution in [0.5, 0.6) is 0 Å². The van der Waals surface area contributed by atoms with Crippen molar-refractivity contribution in [3.63, 3.8) is 0 Å². The van der Waals surface area contributed by atoms with Crippen LogP contribution >= 0.6 is 0 Å². The number of hydrogen-bond acceptors (Lipinski definition) is 2. The summed E-state index contributed by atoms with van der Waals surface area (Å²) in [5.41, 5.74) is 0. The van der Waals surface area contributed by atoms with Gasteiger partial charge < -0.3 is 0 Å². The molecule has 3 nitrogen and oxygen atoms in total. The van der Waals surface area contributed by atoms with Crippen molar-refractivity contribution < 1.29 is 5.01 Å². The fourth-order valence-corrected chi connectivity index (χ4v) is 2.58. The Morgan fingerprint density at radius 3 is 1.93 bits per heavy atom. The van der Waals surface area contributed by atoms with Gasteiger partial charge in [0.25, 0.3) is 0 Å². The summed E-state index contributed by atoms with van der Waals surface area (Å²) >= 11 is 0. The predicted octanol–water partition coefficient (Wildman–Crippen LogP) is -0.392. The van der Waals surface area contributed by atoms with Crippen LogP contribution in [0.4, 0.5) is 0 Å². The molecular formula is C11H24N3+. The topological polar surface area (TPSA) is 10.9 Å². The first-order chi connectivity index (χ1) is 6.86. The minimum atomic E-state index is 1.27. The zero-order valence-electron chi connectivity index (χ0n) is 9.47. The lowest BCUT2D eigenvalue weighted by Crippen LogP contribution is -3.20. The van der Waals surface area contributed by atoms with Crippen LogP contribution < -0.4 is 5.01 Å². The van der Waals surface area contributed by atoms with Crippen LogP contribution in [0.25, 0.3) is 0 Å². The van der Waals surface area contributed by atoms with Crippen molar-refractivity contribution in [2.24, 2.45) is 0 Å². The van der Waals surface area contributed by atoms with Crippen molar-refractivity contribution in [2.45, 2.75) is 25.7 Å².